The summed E-state index contributed by atoms with van der Waals surface area (Å²) in [6.07, 6.45) is -0.429. The third-order valence-corrected chi connectivity index (χ3v) is 4.61. The lowest BCUT2D eigenvalue weighted by atomic mass is 10.1. The third-order valence-electron chi connectivity index (χ3n) is 4.61. The second-order valence-electron chi connectivity index (χ2n) is 6.61. The van der Waals surface area contributed by atoms with Gasteiger partial charge in [-0.3, -0.25) is 9.59 Å². The maximum absolute atomic E-state index is 12.7. The molecule has 0 spiro atoms. The van der Waals surface area contributed by atoms with Crippen molar-refractivity contribution >= 4 is 11.7 Å². The number of carbonyl (C=O) groups is 1. The van der Waals surface area contributed by atoms with Crippen LogP contribution in [-0.4, -0.2) is 27.3 Å². The van der Waals surface area contributed by atoms with E-state index in [9.17, 15) is 9.59 Å². The van der Waals surface area contributed by atoms with Gasteiger partial charge in [0.2, 0.25) is 0 Å². The highest BCUT2D eigenvalue weighted by Gasteiger charge is 2.28. The molecule has 7 nitrogen and oxygen atoms in total. The number of benzene rings is 2. The van der Waals surface area contributed by atoms with Gasteiger partial charge in [0.05, 0.1) is 13.0 Å². The van der Waals surface area contributed by atoms with Crippen molar-refractivity contribution in [3.8, 4) is 22.6 Å². The second kappa shape index (κ2) is 7.26. The van der Waals surface area contributed by atoms with Crippen molar-refractivity contribution in [3.63, 3.8) is 0 Å². The van der Waals surface area contributed by atoms with Crippen molar-refractivity contribution in [2.24, 2.45) is 0 Å². The molecule has 0 radical (unpaired) electrons. The van der Waals surface area contributed by atoms with Gasteiger partial charge in [-0.2, -0.15) is 10.1 Å². The van der Waals surface area contributed by atoms with Crippen LogP contribution in [0.4, 0.5) is 5.69 Å². The van der Waals surface area contributed by atoms with Crippen LogP contribution < -0.4 is 10.9 Å². The number of esters is 1. The number of nitrogens with one attached hydrogen (secondary N) is 1. The zero-order valence-electron chi connectivity index (χ0n) is 15.7. The smallest absolute Gasteiger partial charge is 0.309 e. The summed E-state index contributed by atoms with van der Waals surface area (Å²) in [7, 11) is 0. The zero-order chi connectivity index (χ0) is 19.7. The van der Waals surface area contributed by atoms with Gasteiger partial charge in [-0.25, -0.2) is 4.68 Å². The third kappa shape index (κ3) is 3.26. The van der Waals surface area contributed by atoms with E-state index in [0.717, 1.165) is 16.8 Å². The minimum absolute atomic E-state index is 0.0695. The summed E-state index contributed by atoms with van der Waals surface area (Å²) in [6.45, 7) is 4.05. The van der Waals surface area contributed by atoms with Gasteiger partial charge in [0.1, 0.15) is 6.17 Å². The number of para-hydroxylation sites is 1. The topological polar surface area (TPSA) is 86.1 Å². The fraction of sp³-hybridized carbons (Fsp3) is 0.238. The molecule has 0 saturated heterocycles. The molecule has 0 fully saturated rings. The van der Waals surface area contributed by atoms with E-state index in [-0.39, 0.29) is 18.1 Å². The molecule has 1 aliphatic rings. The maximum Gasteiger partial charge on any atom is 0.309 e. The molecule has 1 aromatic heterocycles. The monoisotopic (exact) mass is 376 g/mol. The summed E-state index contributed by atoms with van der Waals surface area (Å²) < 4.78 is 6.70. The summed E-state index contributed by atoms with van der Waals surface area (Å²) in [5.41, 5.74) is 3.19. The predicted octanol–water partition coefficient (Wildman–Crippen LogP) is 3.16. The van der Waals surface area contributed by atoms with Crippen molar-refractivity contribution in [2.45, 2.75) is 26.4 Å². The van der Waals surface area contributed by atoms with Crippen molar-refractivity contribution in [2.75, 3.05) is 11.9 Å². The lowest BCUT2D eigenvalue weighted by Gasteiger charge is -2.29. The number of aromatic nitrogens is 3. The Morgan fingerprint density at radius 1 is 1.18 bits per heavy atom. The van der Waals surface area contributed by atoms with Crippen molar-refractivity contribution in [1.82, 2.24) is 14.8 Å². The molecule has 142 valence electrons. The van der Waals surface area contributed by atoms with E-state index in [1.54, 1.807) is 11.6 Å². The largest absolute Gasteiger partial charge is 0.466 e. The van der Waals surface area contributed by atoms with Crippen LogP contribution in [0.15, 0.2) is 53.3 Å². The Hall–Kier alpha value is -3.48. The molecule has 3 aromatic rings. The van der Waals surface area contributed by atoms with Gasteiger partial charge in [-0.05, 0) is 26.0 Å². The molecule has 0 aliphatic carbocycles. The maximum atomic E-state index is 12.7. The van der Waals surface area contributed by atoms with E-state index in [1.165, 1.54) is 0 Å². The highest BCUT2D eigenvalue weighted by molar-refractivity contribution is 5.78. The molecule has 1 N–H and O–H groups in total. The summed E-state index contributed by atoms with van der Waals surface area (Å²) in [5.74, 6) is 0.0900. The fourth-order valence-electron chi connectivity index (χ4n) is 3.25. The normalized spacial score (nSPS) is 14.6. The lowest BCUT2D eigenvalue weighted by molar-refractivity contribution is -0.143. The summed E-state index contributed by atoms with van der Waals surface area (Å²) in [4.78, 5) is 29.1. The van der Waals surface area contributed by atoms with Crippen LogP contribution in [0.5, 0.6) is 0 Å². The standard InChI is InChI=1S/C21H20N4O3/c1-3-28-18(26)12-17-22-16-7-5-4-6-15(16)20-23-21(27)19(24-25(17)20)14-10-8-13(2)9-11-14/h4-11,17,22H,3,12H2,1-2H3/t17-/m0/s1. The number of hydrogen-bond donors (Lipinski definition) is 1. The molecule has 0 saturated carbocycles. The van der Waals surface area contributed by atoms with Gasteiger partial charge in [0, 0.05) is 16.8 Å². The van der Waals surface area contributed by atoms with E-state index in [2.05, 4.69) is 15.4 Å². The van der Waals surface area contributed by atoms with Crippen molar-refractivity contribution in [3.05, 3.63) is 64.4 Å². The Morgan fingerprint density at radius 3 is 2.68 bits per heavy atom. The molecule has 1 atom stereocenters. The molecule has 0 bridgehead atoms. The van der Waals surface area contributed by atoms with Gasteiger partial charge in [-0.1, -0.05) is 42.0 Å². The van der Waals surface area contributed by atoms with Crippen LogP contribution in [0.2, 0.25) is 0 Å². The number of fused-ring (bicyclic) bond motifs is 3. The number of carbonyl (C=O) groups excluding carboxylic acids is 1. The van der Waals surface area contributed by atoms with Crippen LogP contribution in [0.25, 0.3) is 22.6 Å². The quantitative estimate of drug-likeness (QED) is 0.704. The molecule has 28 heavy (non-hydrogen) atoms. The van der Waals surface area contributed by atoms with Gasteiger partial charge < -0.3 is 10.1 Å². The molecule has 2 heterocycles. The van der Waals surface area contributed by atoms with E-state index in [1.807, 2.05) is 55.5 Å². The first kappa shape index (κ1) is 17.9. The highest BCUT2D eigenvalue weighted by atomic mass is 16.5. The van der Waals surface area contributed by atoms with Crippen LogP contribution in [0, 0.1) is 6.92 Å². The molecular weight excluding hydrogens is 356 g/mol. The van der Waals surface area contributed by atoms with E-state index >= 15 is 0 Å². The first-order chi connectivity index (χ1) is 13.6. The lowest BCUT2D eigenvalue weighted by Crippen LogP contribution is -2.33. The molecule has 0 amide bonds. The Bertz CT molecular complexity index is 1090. The van der Waals surface area contributed by atoms with Crippen LogP contribution in [-0.2, 0) is 9.53 Å². The first-order valence-electron chi connectivity index (χ1n) is 9.16. The summed E-state index contributed by atoms with van der Waals surface area (Å²) in [6, 6.07) is 15.0. The average Bonchev–Trinajstić information content (AvgIpc) is 2.69. The summed E-state index contributed by atoms with van der Waals surface area (Å²) >= 11 is 0. The van der Waals surface area contributed by atoms with Gasteiger partial charge in [0.25, 0.3) is 5.56 Å². The molecule has 2 aromatic carbocycles. The van der Waals surface area contributed by atoms with Crippen LogP contribution in [0.3, 0.4) is 0 Å². The van der Waals surface area contributed by atoms with Gasteiger partial charge >= 0.3 is 5.97 Å². The number of aryl methyl sites for hydroxylation is 1. The Morgan fingerprint density at radius 2 is 1.93 bits per heavy atom. The fourth-order valence-corrected chi connectivity index (χ4v) is 3.25. The second-order valence-corrected chi connectivity index (χ2v) is 6.61. The SMILES string of the molecule is CCOC(=O)C[C@H]1Nc2ccccc2-c2nc(=O)c(-c3ccc(C)cc3)nn21. The molecule has 4 rings (SSSR count). The molecule has 7 heteroatoms. The average molecular weight is 376 g/mol. The van der Waals surface area contributed by atoms with Gasteiger partial charge in [0.15, 0.2) is 11.5 Å². The van der Waals surface area contributed by atoms with Crippen LogP contribution >= 0.6 is 0 Å². The number of ether oxygens (including phenoxy) is 1. The van der Waals surface area contributed by atoms with Crippen molar-refractivity contribution in [1.29, 1.82) is 0 Å². The molecule has 0 unspecified atom stereocenters. The Kier molecular flexibility index (Phi) is 4.65. The van der Waals surface area contributed by atoms with Crippen molar-refractivity contribution < 1.29 is 9.53 Å². The number of nitrogens with zero attached hydrogens (tertiary/aromatic N) is 3. The minimum Gasteiger partial charge on any atom is -0.466 e. The van der Waals surface area contributed by atoms with E-state index in [4.69, 9.17) is 4.74 Å². The van der Waals surface area contributed by atoms with E-state index < -0.39 is 11.7 Å². The number of rotatable bonds is 4. The van der Waals surface area contributed by atoms with Gasteiger partial charge in [-0.15, -0.1) is 0 Å². The van der Waals surface area contributed by atoms with E-state index in [0.29, 0.717) is 18.0 Å². The minimum atomic E-state index is -0.499. The molecular formula is C21H20N4O3. The zero-order valence-corrected chi connectivity index (χ0v) is 15.7. The summed E-state index contributed by atoms with van der Waals surface area (Å²) in [5, 5.41) is 7.88. The first-order valence-corrected chi connectivity index (χ1v) is 9.16. The Labute approximate surface area is 162 Å². The predicted molar refractivity (Wildman–Crippen MR) is 106 cm³/mol. The van der Waals surface area contributed by atoms with Crippen LogP contribution in [0.1, 0.15) is 25.1 Å². The number of hydrogen-bond acceptors (Lipinski definition) is 6. The highest BCUT2D eigenvalue weighted by Crippen LogP contribution is 2.35. The number of anilines is 1. The molecule has 1 aliphatic heterocycles. The Balaban J connectivity index is 1.85.